The first kappa shape index (κ1) is 14.6. The fraction of sp³-hybridized carbons (Fsp3) is 0.471. The maximum Gasteiger partial charge on any atom is 0.131 e. The molecule has 2 N–H and O–H groups in total. The SMILES string of the molecule is CCCn1c(C2CCCC2)nc(-c2ccc(Br)cc2)c1N. The number of hydrogen-bond acceptors (Lipinski definition) is 2. The second kappa shape index (κ2) is 6.22. The van der Waals surface area contributed by atoms with Crippen LogP contribution < -0.4 is 5.73 Å². The quantitative estimate of drug-likeness (QED) is 0.848. The smallest absolute Gasteiger partial charge is 0.131 e. The van der Waals surface area contributed by atoms with Gasteiger partial charge in [0.2, 0.25) is 0 Å². The van der Waals surface area contributed by atoms with Gasteiger partial charge >= 0.3 is 0 Å². The van der Waals surface area contributed by atoms with Gasteiger partial charge in [-0.15, -0.1) is 0 Å². The Morgan fingerprint density at radius 3 is 2.52 bits per heavy atom. The van der Waals surface area contributed by atoms with Crippen LogP contribution in [-0.4, -0.2) is 9.55 Å². The summed E-state index contributed by atoms with van der Waals surface area (Å²) in [5, 5.41) is 0. The van der Waals surface area contributed by atoms with E-state index in [2.05, 4.69) is 39.6 Å². The van der Waals surface area contributed by atoms with E-state index in [0.29, 0.717) is 5.92 Å². The molecule has 1 aromatic heterocycles. The molecule has 1 aliphatic rings. The largest absolute Gasteiger partial charge is 0.383 e. The van der Waals surface area contributed by atoms with Crippen LogP contribution >= 0.6 is 15.9 Å². The van der Waals surface area contributed by atoms with Crippen LogP contribution in [0.25, 0.3) is 11.3 Å². The molecule has 3 nitrogen and oxygen atoms in total. The van der Waals surface area contributed by atoms with Crippen molar-refractivity contribution in [3.8, 4) is 11.3 Å². The Kier molecular flexibility index (Phi) is 4.34. The first-order valence-electron chi connectivity index (χ1n) is 7.82. The molecule has 4 heteroatoms. The van der Waals surface area contributed by atoms with E-state index in [1.165, 1.54) is 31.5 Å². The van der Waals surface area contributed by atoms with Gasteiger partial charge in [-0.1, -0.05) is 47.8 Å². The maximum atomic E-state index is 6.42. The predicted molar refractivity (Wildman–Crippen MR) is 91.3 cm³/mol. The molecule has 0 unspecified atom stereocenters. The zero-order chi connectivity index (χ0) is 14.8. The molecule has 0 amide bonds. The Bertz CT molecular complexity index is 610. The van der Waals surface area contributed by atoms with Crippen LogP contribution in [0.2, 0.25) is 0 Å². The minimum atomic E-state index is 0.586. The van der Waals surface area contributed by atoms with Crippen molar-refractivity contribution < 1.29 is 0 Å². The molecule has 0 atom stereocenters. The molecule has 112 valence electrons. The molecule has 3 rings (SSSR count). The lowest BCUT2D eigenvalue weighted by Gasteiger charge is -2.12. The third-order valence-electron chi connectivity index (χ3n) is 4.32. The van der Waals surface area contributed by atoms with E-state index in [1.54, 1.807) is 0 Å². The number of nitrogen functional groups attached to an aromatic ring is 1. The Morgan fingerprint density at radius 2 is 1.90 bits per heavy atom. The Hall–Kier alpha value is -1.29. The van der Waals surface area contributed by atoms with Crippen molar-refractivity contribution in [1.82, 2.24) is 9.55 Å². The molecule has 1 saturated carbocycles. The third kappa shape index (κ3) is 2.86. The highest BCUT2D eigenvalue weighted by atomic mass is 79.9. The van der Waals surface area contributed by atoms with Gasteiger partial charge in [-0.3, -0.25) is 0 Å². The van der Waals surface area contributed by atoms with E-state index in [4.69, 9.17) is 10.7 Å². The van der Waals surface area contributed by atoms with E-state index in [-0.39, 0.29) is 0 Å². The van der Waals surface area contributed by atoms with Gasteiger partial charge in [0.25, 0.3) is 0 Å². The van der Waals surface area contributed by atoms with Crippen molar-refractivity contribution in [2.75, 3.05) is 5.73 Å². The summed E-state index contributed by atoms with van der Waals surface area (Å²) in [6, 6.07) is 8.25. The molecule has 1 aromatic carbocycles. The van der Waals surface area contributed by atoms with E-state index in [0.717, 1.165) is 34.5 Å². The molecule has 0 bridgehead atoms. The molecule has 0 saturated heterocycles. The van der Waals surface area contributed by atoms with Crippen molar-refractivity contribution >= 4 is 21.7 Å². The lowest BCUT2D eigenvalue weighted by atomic mass is 10.1. The molecule has 0 spiro atoms. The van der Waals surface area contributed by atoms with Gasteiger partial charge in [0.1, 0.15) is 17.3 Å². The van der Waals surface area contributed by atoms with E-state index in [9.17, 15) is 0 Å². The third-order valence-corrected chi connectivity index (χ3v) is 4.85. The maximum absolute atomic E-state index is 6.42. The Labute approximate surface area is 134 Å². The summed E-state index contributed by atoms with van der Waals surface area (Å²) >= 11 is 3.48. The molecule has 1 aliphatic carbocycles. The number of nitrogens with two attached hydrogens (primary N) is 1. The Morgan fingerprint density at radius 1 is 1.24 bits per heavy atom. The molecule has 0 radical (unpaired) electrons. The Balaban J connectivity index is 2.04. The fourth-order valence-electron chi connectivity index (χ4n) is 3.26. The number of aromatic nitrogens is 2. The molecule has 2 aromatic rings. The van der Waals surface area contributed by atoms with Gasteiger partial charge in [-0.2, -0.15) is 0 Å². The lowest BCUT2D eigenvalue weighted by molar-refractivity contribution is 0.579. The van der Waals surface area contributed by atoms with Crippen molar-refractivity contribution in [2.24, 2.45) is 0 Å². The summed E-state index contributed by atoms with van der Waals surface area (Å²) in [6.07, 6.45) is 6.22. The number of nitrogens with zero attached hydrogens (tertiary/aromatic N) is 2. The normalized spacial score (nSPS) is 15.7. The zero-order valence-corrected chi connectivity index (χ0v) is 14.1. The highest BCUT2D eigenvalue weighted by Crippen LogP contribution is 2.37. The van der Waals surface area contributed by atoms with Crippen LogP contribution in [0.3, 0.4) is 0 Å². The molecule has 1 fully saturated rings. The highest BCUT2D eigenvalue weighted by Gasteiger charge is 2.25. The average Bonchev–Trinajstić information content (AvgIpc) is 3.10. The highest BCUT2D eigenvalue weighted by molar-refractivity contribution is 9.10. The van der Waals surface area contributed by atoms with Crippen LogP contribution in [0.5, 0.6) is 0 Å². The summed E-state index contributed by atoms with van der Waals surface area (Å²) < 4.78 is 3.32. The number of benzene rings is 1. The van der Waals surface area contributed by atoms with Gasteiger partial charge < -0.3 is 10.3 Å². The number of rotatable bonds is 4. The van der Waals surface area contributed by atoms with Crippen molar-refractivity contribution in [3.05, 3.63) is 34.6 Å². The standard InChI is InChI=1S/C17H22BrN3/c1-2-11-21-16(19)15(12-7-9-14(18)10-8-12)20-17(21)13-5-3-4-6-13/h7-10,13H,2-6,11,19H2,1H3. The minimum Gasteiger partial charge on any atom is -0.383 e. The number of anilines is 1. The second-order valence-corrected chi connectivity index (χ2v) is 6.76. The topological polar surface area (TPSA) is 43.8 Å². The van der Waals surface area contributed by atoms with E-state index >= 15 is 0 Å². The summed E-state index contributed by atoms with van der Waals surface area (Å²) in [5.41, 5.74) is 8.46. The number of imidazole rings is 1. The summed E-state index contributed by atoms with van der Waals surface area (Å²) in [5.74, 6) is 2.61. The minimum absolute atomic E-state index is 0.586. The molecule has 0 aliphatic heterocycles. The van der Waals surface area contributed by atoms with Crippen LogP contribution in [0, 0.1) is 0 Å². The molecular formula is C17H22BrN3. The first-order valence-corrected chi connectivity index (χ1v) is 8.61. The van der Waals surface area contributed by atoms with Crippen molar-refractivity contribution in [3.63, 3.8) is 0 Å². The predicted octanol–water partition coefficient (Wildman–Crippen LogP) is 4.96. The van der Waals surface area contributed by atoms with Crippen LogP contribution in [0.4, 0.5) is 5.82 Å². The van der Waals surface area contributed by atoms with Crippen molar-refractivity contribution in [2.45, 2.75) is 51.5 Å². The average molecular weight is 348 g/mol. The second-order valence-electron chi connectivity index (χ2n) is 5.84. The summed E-state index contributed by atoms with van der Waals surface area (Å²) in [7, 11) is 0. The molecule has 21 heavy (non-hydrogen) atoms. The van der Waals surface area contributed by atoms with Gasteiger partial charge in [0, 0.05) is 22.5 Å². The van der Waals surface area contributed by atoms with Crippen molar-refractivity contribution in [1.29, 1.82) is 0 Å². The van der Waals surface area contributed by atoms with E-state index in [1.807, 2.05) is 12.1 Å². The first-order chi connectivity index (χ1) is 10.2. The van der Waals surface area contributed by atoms with Gasteiger partial charge in [-0.25, -0.2) is 4.98 Å². The number of hydrogen-bond donors (Lipinski definition) is 1. The lowest BCUT2D eigenvalue weighted by Crippen LogP contribution is -2.09. The van der Waals surface area contributed by atoms with Crippen LogP contribution in [0.15, 0.2) is 28.7 Å². The summed E-state index contributed by atoms with van der Waals surface area (Å²) in [6.45, 7) is 3.15. The van der Waals surface area contributed by atoms with Crippen LogP contribution in [-0.2, 0) is 6.54 Å². The number of halogens is 1. The van der Waals surface area contributed by atoms with Gasteiger partial charge in [0.05, 0.1) is 0 Å². The fourth-order valence-corrected chi connectivity index (χ4v) is 3.52. The van der Waals surface area contributed by atoms with Gasteiger partial charge in [-0.05, 0) is 31.4 Å². The van der Waals surface area contributed by atoms with E-state index < -0.39 is 0 Å². The molecule has 1 heterocycles. The van der Waals surface area contributed by atoms with Gasteiger partial charge in [0.15, 0.2) is 0 Å². The van der Waals surface area contributed by atoms with Crippen LogP contribution in [0.1, 0.15) is 50.8 Å². The summed E-state index contributed by atoms with van der Waals surface area (Å²) in [4.78, 5) is 4.93. The molecular weight excluding hydrogens is 326 g/mol. The zero-order valence-electron chi connectivity index (χ0n) is 12.5. The monoisotopic (exact) mass is 347 g/mol.